The number of benzene rings is 1. The van der Waals surface area contributed by atoms with E-state index in [9.17, 15) is 0 Å². The summed E-state index contributed by atoms with van der Waals surface area (Å²) in [5, 5.41) is 4.15. The zero-order valence-electron chi connectivity index (χ0n) is 12.7. The number of pyridine rings is 1. The van der Waals surface area contributed by atoms with E-state index in [2.05, 4.69) is 31.1 Å². The highest BCUT2D eigenvalue weighted by atomic mass is 35.5. The topological polar surface area (TPSA) is 34.1 Å². The van der Waals surface area contributed by atoms with Crippen LogP contribution in [0.3, 0.4) is 0 Å². The molecule has 112 valence electrons. The van der Waals surface area contributed by atoms with Crippen LogP contribution in [0.15, 0.2) is 42.6 Å². The maximum Gasteiger partial charge on any atom is 0.123 e. The second-order valence-electron chi connectivity index (χ2n) is 6.00. The molecule has 21 heavy (non-hydrogen) atoms. The fourth-order valence-electron chi connectivity index (χ4n) is 1.75. The number of ether oxygens (including phenoxy) is 1. The quantitative estimate of drug-likeness (QED) is 0.899. The first kappa shape index (κ1) is 15.8. The number of halogens is 1. The third kappa shape index (κ3) is 5.74. The molecule has 0 unspecified atom stereocenters. The van der Waals surface area contributed by atoms with Crippen LogP contribution < -0.4 is 10.1 Å². The van der Waals surface area contributed by atoms with Gasteiger partial charge in [0.1, 0.15) is 12.4 Å². The molecular weight excluding hydrogens is 284 g/mol. The first-order chi connectivity index (χ1) is 9.92. The van der Waals surface area contributed by atoms with Gasteiger partial charge >= 0.3 is 0 Å². The first-order valence-electron chi connectivity index (χ1n) is 6.99. The van der Waals surface area contributed by atoms with E-state index in [1.165, 1.54) is 0 Å². The van der Waals surface area contributed by atoms with Crippen molar-refractivity contribution in [3.8, 4) is 5.75 Å². The van der Waals surface area contributed by atoms with E-state index in [0.29, 0.717) is 6.61 Å². The fourth-order valence-corrected chi connectivity index (χ4v) is 1.87. The molecule has 1 heterocycles. The zero-order valence-corrected chi connectivity index (χ0v) is 13.4. The minimum Gasteiger partial charge on any atom is -0.489 e. The van der Waals surface area contributed by atoms with Gasteiger partial charge in [-0.05, 0) is 44.5 Å². The molecule has 2 aromatic rings. The van der Waals surface area contributed by atoms with Crippen LogP contribution in [-0.4, -0.2) is 10.5 Å². The molecule has 1 N–H and O–H groups in total. The van der Waals surface area contributed by atoms with E-state index in [0.717, 1.165) is 28.6 Å². The standard InChI is InChI=1S/C17H21ClN2O/c1-17(2,3)20-11-15-10-16(8-9-19-15)21-12-13-4-6-14(18)7-5-13/h4-10,20H,11-12H2,1-3H3. The van der Waals surface area contributed by atoms with Crippen molar-refractivity contribution in [3.63, 3.8) is 0 Å². The van der Waals surface area contributed by atoms with Crippen molar-refractivity contribution in [2.24, 2.45) is 0 Å². The molecule has 0 bridgehead atoms. The Balaban J connectivity index is 1.93. The molecule has 1 aromatic carbocycles. The molecule has 0 atom stereocenters. The van der Waals surface area contributed by atoms with E-state index in [4.69, 9.17) is 16.3 Å². The number of rotatable bonds is 5. The van der Waals surface area contributed by atoms with Gasteiger partial charge in [0, 0.05) is 29.4 Å². The molecule has 0 amide bonds. The van der Waals surface area contributed by atoms with E-state index in [-0.39, 0.29) is 5.54 Å². The van der Waals surface area contributed by atoms with Crippen LogP contribution in [0.1, 0.15) is 32.0 Å². The van der Waals surface area contributed by atoms with Crippen molar-refractivity contribution in [1.29, 1.82) is 0 Å². The molecule has 0 aliphatic carbocycles. The Bertz CT molecular complexity index is 576. The van der Waals surface area contributed by atoms with Crippen molar-refractivity contribution in [1.82, 2.24) is 10.3 Å². The van der Waals surface area contributed by atoms with Crippen molar-refractivity contribution in [2.75, 3.05) is 0 Å². The lowest BCUT2D eigenvalue weighted by molar-refractivity contribution is 0.305. The van der Waals surface area contributed by atoms with Crippen LogP contribution in [0.5, 0.6) is 5.75 Å². The van der Waals surface area contributed by atoms with Gasteiger partial charge in [-0.15, -0.1) is 0 Å². The summed E-state index contributed by atoms with van der Waals surface area (Å²) < 4.78 is 5.79. The highest BCUT2D eigenvalue weighted by molar-refractivity contribution is 6.30. The normalized spacial score (nSPS) is 11.4. The van der Waals surface area contributed by atoms with Gasteiger partial charge < -0.3 is 10.1 Å². The maximum absolute atomic E-state index is 5.87. The Morgan fingerprint density at radius 2 is 1.86 bits per heavy atom. The summed E-state index contributed by atoms with van der Waals surface area (Å²) in [6.07, 6.45) is 1.77. The monoisotopic (exact) mass is 304 g/mol. The molecular formula is C17H21ClN2O. The van der Waals surface area contributed by atoms with Crippen LogP contribution in [0.2, 0.25) is 5.02 Å². The Morgan fingerprint density at radius 1 is 1.14 bits per heavy atom. The van der Waals surface area contributed by atoms with Crippen molar-refractivity contribution in [3.05, 3.63) is 58.9 Å². The van der Waals surface area contributed by atoms with E-state index in [1.807, 2.05) is 36.4 Å². The molecule has 2 rings (SSSR count). The van der Waals surface area contributed by atoms with Crippen molar-refractivity contribution >= 4 is 11.6 Å². The molecule has 0 saturated heterocycles. The third-order valence-corrected chi connectivity index (χ3v) is 3.16. The third-order valence-electron chi connectivity index (χ3n) is 2.91. The maximum atomic E-state index is 5.87. The van der Waals surface area contributed by atoms with Gasteiger partial charge in [0.15, 0.2) is 0 Å². The Labute approximate surface area is 131 Å². The summed E-state index contributed by atoms with van der Waals surface area (Å²) in [5.41, 5.74) is 2.13. The molecule has 0 saturated carbocycles. The Morgan fingerprint density at radius 3 is 2.52 bits per heavy atom. The van der Waals surface area contributed by atoms with Crippen LogP contribution >= 0.6 is 11.6 Å². The SMILES string of the molecule is CC(C)(C)NCc1cc(OCc2ccc(Cl)cc2)ccn1. The molecule has 4 heteroatoms. The minimum atomic E-state index is 0.0713. The molecule has 3 nitrogen and oxygen atoms in total. The molecule has 1 aromatic heterocycles. The van der Waals surface area contributed by atoms with Gasteiger partial charge in [0.25, 0.3) is 0 Å². The van der Waals surface area contributed by atoms with Crippen LogP contribution in [-0.2, 0) is 13.2 Å². The zero-order chi connectivity index (χ0) is 15.3. The largest absolute Gasteiger partial charge is 0.489 e. The van der Waals surface area contributed by atoms with Crippen LogP contribution in [0.25, 0.3) is 0 Å². The average Bonchev–Trinajstić information content (AvgIpc) is 2.44. The number of nitrogens with zero attached hydrogens (tertiary/aromatic N) is 1. The highest BCUT2D eigenvalue weighted by Gasteiger charge is 2.09. The molecule has 0 aliphatic heterocycles. The molecule has 0 radical (unpaired) electrons. The summed E-state index contributed by atoms with van der Waals surface area (Å²) in [6, 6.07) is 11.5. The van der Waals surface area contributed by atoms with Gasteiger partial charge in [-0.3, -0.25) is 4.98 Å². The summed E-state index contributed by atoms with van der Waals surface area (Å²) in [7, 11) is 0. The summed E-state index contributed by atoms with van der Waals surface area (Å²) in [5.74, 6) is 0.825. The van der Waals surface area contributed by atoms with E-state index in [1.54, 1.807) is 6.20 Å². The summed E-state index contributed by atoms with van der Waals surface area (Å²) >= 11 is 5.87. The lowest BCUT2D eigenvalue weighted by Gasteiger charge is -2.20. The molecule has 0 aliphatic rings. The second kappa shape index (κ2) is 6.92. The van der Waals surface area contributed by atoms with Crippen LogP contribution in [0.4, 0.5) is 0 Å². The van der Waals surface area contributed by atoms with Crippen molar-refractivity contribution < 1.29 is 4.74 Å². The lowest BCUT2D eigenvalue weighted by Crippen LogP contribution is -2.35. The van der Waals surface area contributed by atoms with Crippen LogP contribution in [0, 0.1) is 0 Å². The smallest absolute Gasteiger partial charge is 0.123 e. The minimum absolute atomic E-state index is 0.0713. The van der Waals surface area contributed by atoms with E-state index < -0.39 is 0 Å². The number of hydrogen-bond acceptors (Lipinski definition) is 3. The second-order valence-corrected chi connectivity index (χ2v) is 6.44. The summed E-state index contributed by atoms with van der Waals surface area (Å²) in [4.78, 5) is 4.35. The number of aromatic nitrogens is 1. The Kier molecular flexibility index (Phi) is 5.21. The Hall–Kier alpha value is -1.58. The van der Waals surface area contributed by atoms with Gasteiger partial charge in [0.05, 0.1) is 5.69 Å². The predicted octanol–water partition coefficient (Wildman–Crippen LogP) is 4.20. The van der Waals surface area contributed by atoms with Gasteiger partial charge in [-0.1, -0.05) is 23.7 Å². The molecule has 0 spiro atoms. The summed E-state index contributed by atoms with van der Waals surface area (Å²) in [6.45, 7) is 7.64. The first-order valence-corrected chi connectivity index (χ1v) is 7.37. The van der Waals surface area contributed by atoms with Gasteiger partial charge in [0.2, 0.25) is 0 Å². The average molecular weight is 305 g/mol. The predicted molar refractivity (Wildman–Crippen MR) is 86.6 cm³/mol. The highest BCUT2D eigenvalue weighted by Crippen LogP contribution is 2.15. The number of hydrogen-bond donors (Lipinski definition) is 1. The molecule has 0 fully saturated rings. The fraction of sp³-hybridized carbons (Fsp3) is 0.353. The van der Waals surface area contributed by atoms with Gasteiger partial charge in [-0.25, -0.2) is 0 Å². The number of nitrogens with one attached hydrogen (secondary N) is 1. The van der Waals surface area contributed by atoms with Crippen molar-refractivity contribution in [2.45, 2.75) is 39.5 Å². The van der Waals surface area contributed by atoms with Gasteiger partial charge in [-0.2, -0.15) is 0 Å². The lowest BCUT2D eigenvalue weighted by atomic mass is 10.1. The van der Waals surface area contributed by atoms with E-state index >= 15 is 0 Å².